The van der Waals surface area contributed by atoms with Crippen molar-refractivity contribution in [2.24, 2.45) is 0 Å². The highest BCUT2D eigenvalue weighted by Gasteiger charge is 2.27. The molecule has 8 heteroatoms. The van der Waals surface area contributed by atoms with Crippen molar-refractivity contribution in [1.82, 2.24) is 19.6 Å². The third kappa shape index (κ3) is 4.21. The summed E-state index contributed by atoms with van der Waals surface area (Å²) in [6, 6.07) is 12.8. The monoisotopic (exact) mass is 452 g/mol. The Labute approximate surface area is 192 Å². The van der Waals surface area contributed by atoms with Gasteiger partial charge in [0, 0.05) is 36.8 Å². The number of ether oxygens (including phenoxy) is 1. The highest BCUT2D eigenvalue weighted by atomic mass is 35.5. The summed E-state index contributed by atoms with van der Waals surface area (Å²) in [4.78, 5) is 29.6. The molecule has 7 nitrogen and oxygen atoms in total. The fourth-order valence-corrected chi connectivity index (χ4v) is 4.09. The first-order chi connectivity index (χ1) is 15.4. The van der Waals surface area contributed by atoms with Crippen LogP contribution in [0.25, 0.3) is 5.69 Å². The summed E-state index contributed by atoms with van der Waals surface area (Å²) in [5.74, 6) is 0.553. The standard InChI is InChI=1S/C24H25ClN4O3/c1-16-7-8-18(13-22(16)32-3)23(30)27-9-11-28(12-10-27)24(31)21-15-26-29(17(21)2)20-6-4-5-19(25)14-20/h4-8,13-15H,9-12H2,1-3H3. The first-order valence-corrected chi connectivity index (χ1v) is 10.8. The molecular formula is C24H25ClN4O3. The van der Waals surface area contributed by atoms with Gasteiger partial charge in [0.05, 0.1) is 30.3 Å². The first-order valence-electron chi connectivity index (χ1n) is 10.4. The fraction of sp³-hybridized carbons (Fsp3) is 0.292. The lowest BCUT2D eigenvalue weighted by molar-refractivity contribution is 0.0535. The zero-order chi connectivity index (χ0) is 22.8. The van der Waals surface area contributed by atoms with Gasteiger partial charge < -0.3 is 14.5 Å². The van der Waals surface area contributed by atoms with Crippen LogP contribution in [0.2, 0.25) is 5.02 Å². The van der Waals surface area contributed by atoms with Gasteiger partial charge in [0.2, 0.25) is 0 Å². The lowest BCUT2D eigenvalue weighted by Crippen LogP contribution is -2.50. The van der Waals surface area contributed by atoms with Crippen LogP contribution in [-0.2, 0) is 0 Å². The quantitative estimate of drug-likeness (QED) is 0.604. The molecule has 0 aliphatic carbocycles. The van der Waals surface area contributed by atoms with Crippen molar-refractivity contribution in [1.29, 1.82) is 0 Å². The molecule has 3 aromatic rings. The van der Waals surface area contributed by atoms with Crippen LogP contribution < -0.4 is 4.74 Å². The van der Waals surface area contributed by atoms with Gasteiger partial charge in [-0.25, -0.2) is 4.68 Å². The number of aromatic nitrogens is 2. The number of carbonyl (C=O) groups excluding carboxylic acids is 2. The summed E-state index contributed by atoms with van der Waals surface area (Å²) in [5, 5.41) is 4.99. The molecule has 166 valence electrons. The van der Waals surface area contributed by atoms with Crippen LogP contribution in [0, 0.1) is 13.8 Å². The highest BCUT2D eigenvalue weighted by molar-refractivity contribution is 6.30. The van der Waals surface area contributed by atoms with Gasteiger partial charge in [0.1, 0.15) is 5.75 Å². The van der Waals surface area contributed by atoms with Gasteiger partial charge in [0.15, 0.2) is 0 Å². The fourth-order valence-electron chi connectivity index (χ4n) is 3.91. The molecule has 0 spiro atoms. The zero-order valence-corrected chi connectivity index (χ0v) is 19.1. The van der Waals surface area contributed by atoms with Crippen molar-refractivity contribution in [2.75, 3.05) is 33.3 Å². The summed E-state index contributed by atoms with van der Waals surface area (Å²) in [5.41, 5.74) is 3.67. The maximum atomic E-state index is 13.1. The molecule has 0 bridgehead atoms. The lowest BCUT2D eigenvalue weighted by atomic mass is 10.1. The Hall–Kier alpha value is -3.32. The van der Waals surface area contributed by atoms with E-state index in [2.05, 4.69) is 5.10 Å². The third-order valence-corrected chi connectivity index (χ3v) is 6.04. The average molecular weight is 453 g/mol. The Morgan fingerprint density at radius 3 is 2.31 bits per heavy atom. The van der Waals surface area contributed by atoms with Crippen LogP contribution in [0.5, 0.6) is 5.75 Å². The Kier molecular flexibility index (Phi) is 6.19. The number of hydrogen-bond acceptors (Lipinski definition) is 4. The predicted octanol–water partition coefficient (Wildman–Crippen LogP) is 3.75. The minimum Gasteiger partial charge on any atom is -0.496 e. The van der Waals surface area contributed by atoms with E-state index < -0.39 is 0 Å². The van der Waals surface area contributed by atoms with Gasteiger partial charge >= 0.3 is 0 Å². The van der Waals surface area contributed by atoms with Crippen LogP contribution in [-0.4, -0.2) is 64.7 Å². The molecule has 2 aromatic carbocycles. The van der Waals surface area contributed by atoms with E-state index in [4.69, 9.17) is 16.3 Å². The third-order valence-electron chi connectivity index (χ3n) is 5.80. The molecule has 2 amide bonds. The molecular weight excluding hydrogens is 428 g/mol. The second kappa shape index (κ2) is 9.04. The zero-order valence-electron chi connectivity index (χ0n) is 18.3. The maximum Gasteiger partial charge on any atom is 0.257 e. The Morgan fingerprint density at radius 1 is 0.969 bits per heavy atom. The molecule has 0 atom stereocenters. The summed E-state index contributed by atoms with van der Waals surface area (Å²) in [6.07, 6.45) is 1.59. The molecule has 1 aliphatic heterocycles. The Balaban J connectivity index is 1.43. The van der Waals surface area contributed by atoms with Crippen LogP contribution in [0.15, 0.2) is 48.7 Å². The predicted molar refractivity (Wildman–Crippen MR) is 123 cm³/mol. The molecule has 1 aromatic heterocycles. The molecule has 2 heterocycles. The molecule has 0 N–H and O–H groups in total. The largest absolute Gasteiger partial charge is 0.496 e. The number of halogens is 1. The molecule has 0 saturated carbocycles. The smallest absolute Gasteiger partial charge is 0.257 e. The molecule has 32 heavy (non-hydrogen) atoms. The van der Waals surface area contributed by atoms with Crippen LogP contribution in [0.4, 0.5) is 0 Å². The lowest BCUT2D eigenvalue weighted by Gasteiger charge is -2.34. The van der Waals surface area contributed by atoms with Gasteiger partial charge in [0.25, 0.3) is 11.8 Å². The Bertz CT molecular complexity index is 1170. The van der Waals surface area contributed by atoms with Crippen molar-refractivity contribution in [2.45, 2.75) is 13.8 Å². The second-order valence-electron chi connectivity index (χ2n) is 7.80. The molecule has 0 unspecified atom stereocenters. The second-order valence-corrected chi connectivity index (χ2v) is 8.24. The van der Waals surface area contributed by atoms with E-state index in [0.717, 1.165) is 16.9 Å². The van der Waals surface area contributed by atoms with Crippen LogP contribution >= 0.6 is 11.6 Å². The average Bonchev–Trinajstić information content (AvgIpc) is 3.19. The summed E-state index contributed by atoms with van der Waals surface area (Å²) in [6.45, 7) is 5.69. The first kappa shape index (κ1) is 21.9. The topological polar surface area (TPSA) is 67.7 Å². The number of piperazine rings is 1. The number of rotatable bonds is 4. The van der Waals surface area contributed by atoms with Crippen LogP contribution in [0.3, 0.4) is 0 Å². The van der Waals surface area contributed by atoms with Crippen molar-refractivity contribution >= 4 is 23.4 Å². The van der Waals surface area contributed by atoms with E-state index in [1.165, 1.54) is 0 Å². The minimum atomic E-state index is -0.0834. The number of amides is 2. The number of hydrogen-bond donors (Lipinski definition) is 0. The van der Waals surface area contributed by atoms with Crippen molar-refractivity contribution in [3.63, 3.8) is 0 Å². The summed E-state index contributed by atoms with van der Waals surface area (Å²) < 4.78 is 7.05. The SMILES string of the molecule is COc1cc(C(=O)N2CCN(C(=O)c3cnn(-c4cccc(Cl)c4)c3C)CC2)ccc1C. The number of nitrogens with zero attached hydrogens (tertiary/aromatic N) is 4. The van der Waals surface area contributed by atoms with E-state index in [1.54, 1.807) is 46.0 Å². The van der Waals surface area contributed by atoms with E-state index >= 15 is 0 Å². The van der Waals surface area contributed by atoms with E-state index in [0.29, 0.717) is 48.1 Å². The van der Waals surface area contributed by atoms with E-state index in [-0.39, 0.29) is 11.8 Å². The van der Waals surface area contributed by atoms with E-state index in [1.807, 2.05) is 38.1 Å². The van der Waals surface area contributed by atoms with Gasteiger partial charge in [-0.15, -0.1) is 0 Å². The highest BCUT2D eigenvalue weighted by Crippen LogP contribution is 2.22. The Morgan fingerprint density at radius 2 is 1.66 bits per heavy atom. The number of aryl methyl sites for hydroxylation is 1. The summed E-state index contributed by atoms with van der Waals surface area (Å²) in [7, 11) is 1.59. The van der Waals surface area contributed by atoms with Gasteiger partial charge in [-0.3, -0.25) is 9.59 Å². The van der Waals surface area contributed by atoms with E-state index in [9.17, 15) is 9.59 Å². The molecule has 1 aliphatic rings. The van der Waals surface area contributed by atoms with Crippen LogP contribution in [0.1, 0.15) is 32.0 Å². The molecule has 1 saturated heterocycles. The van der Waals surface area contributed by atoms with Gasteiger partial charge in [-0.1, -0.05) is 23.7 Å². The molecule has 1 fully saturated rings. The number of benzene rings is 2. The number of carbonyl (C=O) groups is 2. The van der Waals surface area contributed by atoms with Crippen molar-refractivity contribution in [3.05, 3.63) is 76.1 Å². The summed E-state index contributed by atoms with van der Waals surface area (Å²) >= 11 is 6.09. The normalized spacial score (nSPS) is 13.9. The van der Waals surface area contributed by atoms with Crippen molar-refractivity contribution < 1.29 is 14.3 Å². The molecule has 0 radical (unpaired) electrons. The van der Waals surface area contributed by atoms with Crippen molar-refractivity contribution in [3.8, 4) is 11.4 Å². The number of methoxy groups -OCH3 is 1. The van der Waals surface area contributed by atoms with Gasteiger partial charge in [-0.05, 0) is 49.7 Å². The minimum absolute atomic E-state index is 0.0552. The van der Waals surface area contributed by atoms with Gasteiger partial charge in [-0.2, -0.15) is 5.10 Å². The maximum absolute atomic E-state index is 13.1. The molecule has 4 rings (SSSR count).